The summed E-state index contributed by atoms with van der Waals surface area (Å²) in [7, 11) is 0. The number of carbonyl (C=O) groups excluding carboxylic acids is 6. The van der Waals surface area contributed by atoms with Crippen molar-refractivity contribution in [1.29, 1.82) is 0 Å². The molecule has 0 aliphatic carbocycles. The third-order valence-electron chi connectivity index (χ3n) is 20.9. The molecule has 2 unspecified atom stereocenters. The summed E-state index contributed by atoms with van der Waals surface area (Å²) in [6.45, 7) is 6.27. The van der Waals surface area contributed by atoms with Gasteiger partial charge in [-0.2, -0.15) is 0 Å². The van der Waals surface area contributed by atoms with E-state index in [1.54, 1.807) is 0 Å². The van der Waals surface area contributed by atoms with Gasteiger partial charge in [0.15, 0.2) is 12.2 Å². The van der Waals surface area contributed by atoms with Crippen LogP contribution >= 0.6 is 0 Å². The highest BCUT2D eigenvalue weighted by molar-refractivity contribution is 5.72. The van der Waals surface area contributed by atoms with Gasteiger partial charge in [-0.1, -0.05) is 339 Å². The minimum absolute atomic E-state index is 0.116. The second kappa shape index (κ2) is 88.2. The molecule has 0 aliphatic heterocycles. The number of hydrogen-bond donors (Lipinski definition) is 1. The molecular formula is C96H172O14. The summed E-state index contributed by atoms with van der Waals surface area (Å²) >= 11 is 0. The lowest BCUT2D eigenvalue weighted by molar-refractivity contribution is -0.167. The van der Waals surface area contributed by atoms with Crippen molar-refractivity contribution < 1.29 is 67.1 Å². The zero-order chi connectivity index (χ0) is 79.8. The molecule has 14 nitrogen and oxygen atoms in total. The van der Waals surface area contributed by atoms with Crippen LogP contribution in [0, 0.1) is 0 Å². The largest absolute Gasteiger partial charge is 0.481 e. The van der Waals surface area contributed by atoms with Gasteiger partial charge in [0.2, 0.25) is 0 Å². The fraction of sp³-hybridized carbons (Fsp3) is 0.844. The molecule has 0 saturated carbocycles. The van der Waals surface area contributed by atoms with Crippen molar-refractivity contribution in [2.45, 2.75) is 495 Å². The van der Waals surface area contributed by atoms with E-state index < -0.39 is 18.2 Å². The lowest BCUT2D eigenvalue weighted by atomic mass is 10.0. The Bertz CT molecular complexity index is 2190. The zero-order valence-corrected chi connectivity index (χ0v) is 71.8. The summed E-state index contributed by atoms with van der Waals surface area (Å²) < 4.78 is 34.0. The highest BCUT2D eigenvalue weighted by atomic mass is 16.6. The maximum atomic E-state index is 13.1. The van der Waals surface area contributed by atoms with Crippen LogP contribution in [0.5, 0.6) is 0 Å². The molecule has 0 amide bonds. The van der Waals surface area contributed by atoms with Gasteiger partial charge >= 0.3 is 41.8 Å². The molecule has 0 fully saturated rings. The van der Waals surface area contributed by atoms with Crippen LogP contribution < -0.4 is 0 Å². The first kappa shape index (κ1) is 105. The molecule has 110 heavy (non-hydrogen) atoms. The molecule has 1 N–H and O–H groups in total. The number of carboxylic acids is 1. The van der Waals surface area contributed by atoms with Crippen LogP contribution in [0.25, 0.3) is 0 Å². The van der Waals surface area contributed by atoms with E-state index in [1.807, 2.05) is 0 Å². The SMILES string of the molecule is CCCCCCCCC=CCCCCCCCC(=O)OCC(COC(=O)CCCCCCCC=CCCCCCCCC(=O)OC(COC(=O)CCCCCCCC=CCCCCCCCC)COC(=O)CCCCCCCCCCCCCCCCC)OC(=O)CCCCCCCC=CCCCCCCCC(=O)O. The first-order chi connectivity index (χ1) is 54.0. The lowest BCUT2D eigenvalue weighted by Gasteiger charge is -2.18. The number of carbonyl (C=O) groups is 7. The molecule has 0 aromatic heterocycles. The third kappa shape index (κ3) is 85.7. The van der Waals surface area contributed by atoms with Crippen molar-refractivity contribution in [2.24, 2.45) is 0 Å². The maximum absolute atomic E-state index is 13.1. The Morgan fingerprint density at radius 1 is 0.200 bits per heavy atom. The van der Waals surface area contributed by atoms with Crippen LogP contribution in [-0.4, -0.2) is 85.5 Å². The highest BCUT2D eigenvalue weighted by Crippen LogP contribution is 2.20. The van der Waals surface area contributed by atoms with E-state index in [0.717, 1.165) is 225 Å². The number of aliphatic carboxylic acids is 1. The Hall–Kier alpha value is -4.75. The average molecular weight is 1550 g/mol. The second-order valence-corrected chi connectivity index (χ2v) is 31.9. The van der Waals surface area contributed by atoms with Gasteiger partial charge in [0.05, 0.1) is 0 Å². The topological polar surface area (TPSA) is 195 Å². The lowest BCUT2D eigenvalue weighted by Crippen LogP contribution is -2.30. The molecule has 2 atom stereocenters. The molecule has 0 aromatic carbocycles. The summed E-state index contributed by atoms with van der Waals surface area (Å²) in [5, 5.41) is 8.78. The standard InChI is InChI=1S/C96H172O14/c1-4-7-10-13-16-19-22-25-28-36-43-50-57-64-71-78-91(99)105-84-88(85-106-92(100)79-72-65-58-51-44-37-29-26-23-20-17-14-11-8-5-2)110-96(104)83-76-69-62-55-48-41-34-33-39-46-53-60-67-74-81-94(102)108-87-89(86-107-93(101)80-73-66-59-52-45-38-30-27-24-21-18-15-12-9-6-3)109-95(103)82-75-68-61-54-47-40-32-31-35-42-49-56-63-70-77-90(97)98/h25,27-28,30-34,88-89H,4-24,26,29,35-87H2,1-3H3,(H,97,98). The predicted molar refractivity (Wildman–Crippen MR) is 457 cm³/mol. The first-order valence-electron chi connectivity index (χ1n) is 46.8. The number of carboxylic acid groups (broad SMARTS) is 1. The Morgan fingerprint density at radius 3 is 0.518 bits per heavy atom. The highest BCUT2D eigenvalue weighted by Gasteiger charge is 2.22. The van der Waals surface area contributed by atoms with Crippen LogP contribution in [0.4, 0.5) is 0 Å². The fourth-order valence-corrected chi connectivity index (χ4v) is 13.8. The van der Waals surface area contributed by atoms with Crippen molar-refractivity contribution in [3.63, 3.8) is 0 Å². The molecule has 0 heterocycles. The van der Waals surface area contributed by atoms with E-state index in [9.17, 15) is 33.6 Å². The molecular weight excluding hydrogens is 1380 g/mol. The molecule has 640 valence electrons. The molecule has 0 aliphatic rings. The summed E-state index contributed by atoms with van der Waals surface area (Å²) in [5.41, 5.74) is 0. The number of unbranched alkanes of at least 4 members (excludes halogenated alkanes) is 56. The normalized spacial score (nSPS) is 12.2. The van der Waals surface area contributed by atoms with Gasteiger partial charge in [-0.3, -0.25) is 33.6 Å². The van der Waals surface area contributed by atoms with Gasteiger partial charge in [-0.15, -0.1) is 0 Å². The maximum Gasteiger partial charge on any atom is 0.306 e. The summed E-state index contributed by atoms with van der Waals surface area (Å²) in [5.74, 6) is -2.73. The van der Waals surface area contributed by atoms with Gasteiger partial charge in [0.25, 0.3) is 0 Å². The van der Waals surface area contributed by atoms with Gasteiger partial charge in [0.1, 0.15) is 26.4 Å². The monoisotopic (exact) mass is 1550 g/mol. The van der Waals surface area contributed by atoms with Gasteiger partial charge in [-0.25, -0.2) is 0 Å². The molecule has 14 heteroatoms. The third-order valence-corrected chi connectivity index (χ3v) is 20.9. The summed E-state index contributed by atoms with van der Waals surface area (Å²) in [6, 6.07) is 0. The Balaban J connectivity index is 4.72. The molecule has 0 bridgehead atoms. The second-order valence-electron chi connectivity index (χ2n) is 31.9. The minimum Gasteiger partial charge on any atom is -0.481 e. The average Bonchev–Trinajstić information content (AvgIpc) is 0.949. The van der Waals surface area contributed by atoms with Gasteiger partial charge in [-0.05, 0) is 148 Å². The van der Waals surface area contributed by atoms with Crippen molar-refractivity contribution in [3.05, 3.63) is 48.6 Å². The van der Waals surface area contributed by atoms with E-state index in [1.165, 1.54) is 173 Å². The van der Waals surface area contributed by atoms with Crippen LogP contribution in [0.3, 0.4) is 0 Å². The molecule has 0 rings (SSSR count). The number of esters is 6. The molecule has 0 spiro atoms. The van der Waals surface area contributed by atoms with Gasteiger partial charge in [0, 0.05) is 44.9 Å². The number of hydrogen-bond acceptors (Lipinski definition) is 13. The number of allylic oxidation sites excluding steroid dienone is 8. The minimum atomic E-state index is -0.849. The van der Waals surface area contributed by atoms with Crippen molar-refractivity contribution in [2.75, 3.05) is 26.4 Å². The smallest absolute Gasteiger partial charge is 0.306 e. The van der Waals surface area contributed by atoms with E-state index in [-0.39, 0.29) is 87.9 Å². The Labute approximate surface area is 675 Å². The first-order valence-corrected chi connectivity index (χ1v) is 46.8. The van der Waals surface area contributed by atoms with Crippen molar-refractivity contribution >= 4 is 41.8 Å². The van der Waals surface area contributed by atoms with E-state index >= 15 is 0 Å². The van der Waals surface area contributed by atoms with Crippen molar-refractivity contribution in [3.8, 4) is 0 Å². The summed E-state index contributed by atoms with van der Waals surface area (Å²) in [6.07, 6.45) is 92.0. The fourth-order valence-electron chi connectivity index (χ4n) is 13.8. The molecule has 0 radical (unpaired) electrons. The predicted octanol–water partition coefficient (Wildman–Crippen LogP) is 28.4. The van der Waals surface area contributed by atoms with Crippen LogP contribution in [0.1, 0.15) is 483 Å². The van der Waals surface area contributed by atoms with E-state index in [0.29, 0.717) is 38.5 Å². The quantitative estimate of drug-likeness (QED) is 0.0261. The molecule has 0 aromatic rings. The Morgan fingerprint density at radius 2 is 0.345 bits per heavy atom. The zero-order valence-electron chi connectivity index (χ0n) is 71.8. The van der Waals surface area contributed by atoms with Crippen LogP contribution in [-0.2, 0) is 62.0 Å². The number of rotatable bonds is 88. The van der Waals surface area contributed by atoms with Gasteiger partial charge < -0.3 is 33.5 Å². The van der Waals surface area contributed by atoms with Crippen LogP contribution in [0.15, 0.2) is 48.6 Å². The van der Waals surface area contributed by atoms with Crippen LogP contribution in [0.2, 0.25) is 0 Å². The van der Waals surface area contributed by atoms with E-state index in [2.05, 4.69) is 69.4 Å². The van der Waals surface area contributed by atoms with E-state index in [4.69, 9.17) is 33.5 Å². The number of ether oxygens (including phenoxy) is 6. The van der Waals surface area contributed by atoms with Crippen molar-refractivity contribution in [1.82, 2.24) is 0 Å². The Kier molecular flexibility index (Phi) is 84.4. The summed E-state index contributed by atoms with van der Waals surface area (Å²) in [4.78, 5) is 88.0. The molecule has 0 saturated heterocycles.